The van der Waals surface area contributed by atoms with Gasteiger partial charge in [0.2, 0.25) is 5.95 Å². The molecule has 14 heteroatoms. The SMILES string of the molecule is CCC(O[Si](c1ccccc1)(c1ccccc1)C(C)(C)C)[C@@H]1C[C@@H](C(C)N=[N+]=[N-])[C@H](n2c(=O)sc3c(=O)[nH]c(NC(c4ccccc4)(c4ccccc4)c4ccc(OC)cc4)nc32)O1. The highest BCUT2D eigenvalue weighted by molar-refractivity contribution is 7.16. The highest BCUT2D eigenvalue weighted by Crippen LogP contribution is 2.45. The molecule has 5 aromatic carbocycles. The van der Waals surface area contributed by atoms with Crippen LogP contribution in [0.3, 0.4) is 0 Å². The monoisotopic (exact) mass is 891 g/mol. The van der Waals surface area contributed by atoms with E-state index in [0.717, 1.165) is 38.4 Å². The molecule has 2 N–H and O–H groups in total. The second kappa shape index (κ2) is 18.4. The molecule has 328 valence electrons. The standard InChI is InChI=1S/C50H53N7O5SSi/c1-7-41(62-64(49(3,4)5,38-24-16-10-17-25-38)39-26-18-11-19-27-39)42-32-40(33(2)55-56-51)46(61-42)57-44-43(63-48(57)59)45(58)53-47(52-44)54-50(34-20-12-8-13-21-34,35-22-14-9-15-23-35)36-28-30-37(60-6)31-29-36/h8-31,33,40-42,46H,7,32H2,1-6H3,(H2,52,53,54,58)/t33?,40-,41?,42-,46+/m0/s1. The van der Waals surface area contributed by atoms with Gasteiger partial charge < -0.3 is 19.2 Å². The van der Waals surface area contributed by atoms with Crippen molar-refractivity contribution in [2.24, 2.45) is 11.0 Å². The van der Waals surface area contributed by atoms with Crippen molar-refractivity contribution in [3.05, 3.63) is 193 Å². The molecule has 0 radical (unpaired) electrons. The number of rotatable bonds is 15. The van der Waals surface area contributed by atoms with Crippen LogP contribution in [0.25, 0.3) is 20.8 Å². The van der Waals surface area contributed by atoms with Crippen LogP contribution in [0.2, 0.25) is 5.04 Å². The minimum absolute atomic E-state index is 0.142. The number of methoxy groups -OCH3 is 1. The molecular formula is C50H53N7O5SSi. The largest absolute Gasteiger partial charge is 0.497 e. The smallest absolute Gasteiger partial charge is 0.311 e. The fraction of sp³-hybridized carbons (Fsp3) is 0.300. The zero-order chi connectivity index (χ0) is 45.1. The maximum absolute atomic E-state index is 14.4. The number of hydrogen-bond acceptors (Lipinski definition) is 9. The summed E-state index contributed by atoms with van der Waals surface area (Å²) in [6, 6.07) is 47.9. The Morgan fingerprint density at radius 1 is 0.875 bits per heavy atom. The normalized spacial score (nSPS) is 17.7. The van der Waals surface area contributed by atoms with Crippen LogP contribution >= 0.6 is 11.3 Å². The predicted molar refractivity (Wildman–Crippen MR) is 257 cm³/mol. The lowest BCUT2D eigenvalue weighted by molar-refractivity contribution is -0.0613. The molecule has 5 atom stereocenters. The second-order valence-electron chi connectivity index (χ2n) is 17.3. The number of benzene rings is 5. The van der Waals surface area contributed by atoms with Gasteiger partial charge in [0.15, 0.2) is 5.65 Å². The molecule has 2 aromatic heterocycles. The number of aromatic nitrogens is 3. The van der Waals surface area contributed by atoms with Crippen LogP contribution in [0.5, 0.6) is 5.75 Å². The van der Waals surface area contributed by atoms with Gasteiger partial charge in [0.1, 0.15) is 22.2 Å². The average Bonchev–Trinajstić information content (AvgIpc) is 3.90. The molecule has 2 unspecified atom stereocenters. The average molecular weight is 892 g/mol. The van der Waals surface area contributed by atoms with Crippen LogP contribution < -0.4 is 30.9 Å². The minimum Gasteiger partial charge on any atom is -0.497 e. The Labute approximate surface area is 377 Å². The molecule has 1 aliphatic heterocycles. The molecule has 1 aliphatic rings. The number of fused-ring (bicyclic) bond motifs is 1. The first kappa shape index (κ1) is 44.3. The van der Waals surface area contributed by atoms with Crippen molar-refractivity contribution >= 4 is 46.3 Å². The van der Waals surface area contributed by atoms with E-state index in [9.17, 15) is 15.1 Å². The van der Waals surface area contributed by atoms with E-state index in [1.54, 1.807) is 7.11 Å². The number of nitrogens with one attached hydrogen (secondary N) is 2. The van der Waals surface area contributed by atoms with Crippen molar-refractivity contribution in [1.82, 2.24) is 14.5 Å². The third-order valence-electron chi connectivity index (χ3n) is 12.6. The first-order valence-corrected chi connectivity index (χ1v) is 24.3. The van der Waals surface area contributed by atoms with E-state index >= 15 is 0 Å². The van der Waals surface area contributed by atoms with Crippen LogP contribution in [0.4, 0.5) is 5.95 Å². The molecule has 3 heterocycles. The highest BCUT2D eigenvalue weighted by Gasteiger charge is 2.54. The molecule has 0 amide bonds. The van der Waals surface area contributed by atoms with Crippen LogP contribution in [-0.2, 0) is 14.7 Å². The van der Waals surface area contributed by atoms with E-state index in [1.807, 2.05) is 104 Å². The summed E-state index contributed by atoms with van der Waals surface area (Å²) in [7, 11) is -1.41. The second-order valence-corrected chi connectivity index (χ2v) is 22.5. The van der Waals surface area contributed by atoms with E-state index in [2.05, 4.69) is 96.6 Å². The Kier molecular flexibility index (Phi) is 12.8. The Morgan fingerprint density at radius 2 is 1.41 bits per heavy atom. The number of anilines is 1. The number of H-pyrrole nitrogens is 1. The van der Waals surface area contributed by atoms with Gasteiger partial charge in [-0.2, -0.15) is 4.98 Å². The van der Waals surface area contributed by atoms with Crippen molar-refractivity contribution in [3.63, 3.8) is 0 Å². The lowest BCUT2D eigenvalue weighted by Gasteiger charge is -2.46. The molecule has 7 aromatic rings. The molecule has 12 nitrogen and oxygen atoms in total. The number of nitrogens with zero attached hydrogens (tertiary/aromatic N) is 5. The van der Waals surface area contributed by atoms with Gasteiger partial charge in [-0.15, -0.1) is 0 Å². The Balaban J connectivity index is 1.25. The van der Waals surface area contributed by atoms with Gasteiger partial charge in [0.25, 0.3) is 13.9 Å². The van der Waals surface area contributed by atoms with Gasteiger partial charge in [0, 0.05) is 16.9 Å². The summed E-state index contributed by atoms with van der Waals surface area (Å²) in [6.45, 7) is 10.6. The van der Waals surface area contributed by atoms with Crippen LogP contribution in [0.15, 0.2) is 160 Å². The van der Waals surface area contributed by atoms with Gasteiger partial charge in [-0.25, -0.2) is 0 Å². The number of azide groups is 1. The first-order valence-electron chi connectivity index (χ1n) is 21.6. The molecule has 0 bridgehead atoms. The molecule has 0 saturated carbocycles. The van der Waals surface area contributed by atoms with Crippen molar-refractivity contribution < 1.29 is 13.9 Å². The van der Waals surface area contributed by atoms with Gasteiger partial charge in [-0.05, 0) is 62.6 Å². The van der Waals surface area contributed by atoms with Gasteiger partial charge in [-0.3, -0.25) is 19.1 Å². The van der Waals surface area contributed by atoms with E-state index in [-0.39, 0.29) is 21.3 Å². The third-order valence-corrected chi connectivity index (χ3v) is 18.6. The van der Waals surface area contributed by atoms with Crippen molar-refractivity contribution in [2.45, 2.75) is 82.5 Å². The molecule has 8 rings (SSSR count). The fourth-order valence-corrected chi connectivity index (χ4v) is 15.1. The van der Waals surface area contributed by atoms with Crippen LogP contribution in [0.1, 0.15) is 70.4 Å². The summed E-state index contributed by atoms with van der Waals surface area (Å²) in [5, 5.41) is 9.79. The summed E-state index contributed by atoms with van der Waals surface area (Å²) >= 11 is 0.814. The number of ether oxygens (including phenoxy) is 2. The number of thiazole rings is 1. The van der Waals surface area contributed by atoms with Crippen molar-refractivity contribution in [2.75, 3.05) is 12.4 Å². The van der Waals surface area contributed by atoms with E-state index in [0.29, 0.717) is 18.6 Å². The maximum Gasteiger partial charge on any atom is 0.311 e. The minimum atomic E-state index is -3.04. The van der Waals surface area contributed by atoms with Crippen LogP contribution in [-0.4, -0.2) is 48.2 Å². The van der Waals surface area contributed by atoms with Crippen LogP contribution in [0, 0.1) is 5.92 Å². The van der Waals surface area contributed by atoms with E-state index < -0.39 is 54.7 Å². The Hall–Kier alpha value is -6.28. The van der Waals surface area contributed by atoms with E-state index in [4.69, 9.17) is 18.9 Å². The number of aromatic amines is 1. The maximum atomic E-state index is 14.4. The molecule has 0 spiro atoms. The summed E-state index contributed by atoms with van der Waals surface area (Å²) in [6.07, 6.45) is -0.795. The zero-order valence-electron chi connectivity index (χ0n) is 36.8. The highest BCUT2D eigenvalue weighted by atomic mass is 32.1. The van der Waals surface area contributed by atoms with Crippen molar-refractivity contribution in [1.29, 1.82) is 0 Å². The summed E-state index contributed by atoms with van der Waals surface area (Å²) in [4.78, 5) is 39.3. The van der Waals surface area contributed by atoms with Gasteiger partial charge >= 0.3 is 4.87 Å². The first-order chi connectivity index (χ1) is 30.9. The van der Waals surface area contributed by atoms with Gasteiger partial charge in [-0.1, -0.05) is 185 Å². The quantitative estimate of drug-likeness (QED) is 0.0342. The lowest BCUT2D eigenvalue weighted by atomic mass is 9.77. The topological polar surface area (TPSA) is 156 Å². The van der Waals surface area contributed by atoms with Gasteiger partial charge in [0.05, 0.1) is 19.3 Å². The summed E-state index contributed by atoms with van der Waals surface area (Å²) in [5.74, 6) is 0.372. The fourth-order valence-electron chi connectivity index (χ4n) is 9.48. The molecule has 64 heavy (non-hydrogen) atoms. The van der Waals surface area contributed by atoms with Crippen molar-refractivity contribution in [3.8, 4) is 5.75 Å². The predicted octanol–water partition coefficient (Wildman–Crippen LogP) is 9.52. The van der Waals surface area contributed by atoms with E-state index in [1.165, 1.54) is 4.57 Å². The zero-order valence-corrected chi connectivity index (χ0v) is 38.7. The third kappa shape index (κ3) is 8.08. The Bertz CT molecular complexity index is 2770. The Morgan fingerprint density at radius 3 is 1.91 bits per heavy atom. The molecule has 1 saturated heterocycles. The number of hydrogen-bond donors (Lipinski definition) is 2. The lowest BCUT2D eigenvalue weighted by Crippen LogP contribution is -2.68. The summed E-state index contributed by atoms with van der Waals surface area (Å²) in [5.41, 5.74) is 10.9. The molecule has 0 aliphatic carbocycles. The molecule has 1 fully saturated rings. The molecular weight excluding hydrogens is 839 g/mol. The summed E-state index contributed by atoms with van der Waals surface area (Å²) < 4.78 is 21.9.